The number of halogens is 3. The van der Waals surface area contributed by atoms with Crippen molar-refractivity contribution in [3.05, 3.63) is 66.1 Å². The molecule has 0 radical (unpaired) electrons. The number of hydrogen-bond donors (Lipinski definition) is 1. The smallest absolute Gasteiger partial charge is 0.323 e. The summed E-state index contributed by atoms with van der Waals surface area (Å²) in [5.74, 6) is 1.41. The molecule has 0 bridgehead atoms. The Morgan fingerprint density at radius 3 is 2.44 bits per heavy atom. The Morgan fingerprint density at radius 1 is 0.963 bits per heavy atom. The molecule has 136 valence electrons. The van der Waals surface area contributed by atoms with Gasteiger partial charge in [0.1, 0.15) is 5.82 Å². The number of aromatic nitrogens is 5. The van der Waals surface area contributed by atoms with E-state index in [0.717, 1.165) is 29.0 Å². The van der Waals surface area contributed by atoms with Gasteiger partial charge in [0.15, 0.2) is 5.82 Å². The number of fused-ring (bicyclic) bond motifs is 1. The molecule has 2 aromatic carbocycles. The minimum Gasteiger partial charge on any atom is -0.323 e. The summed E-state index contributed by atoms with van der Waals surface area (Å²) in [5.41, 5.74) is 1.40. The SMILES string of the molecule is Cc1nc2ccccc2n1-c1cnnc(Nc2ccc(C(F)(F)F)cc2)n1. The lowest BCUT2D eigenvalue weighted by Gasteiger charge is -2.10. The molecule has 0 aliphatic carbocycles. The van der Waals surface area contributed by atoms with Crippen LogP contribution in [0.3, 0.4) is 0 Å². The molecule has 0 aliphatic rings. The summed E-state index contributed by atoms with van der Waals surface area (Å²) in [4.78, 5) is 8.89. The first-order valence-corrected chi connectivity index (χ1v) is 8.00. The molecule has 2 heterocycles. The third-order valence-corrected chi connectivity index (χ3v) is 3.97. The number of rotatable bonds is 3. The van der Waals surface area contributed by atoms with Crippen LogP contribution in [0.5, 0.6) is 0 Å². The summed E-state index contributed by atoms with van der Waals surface area (Å²) in [6.45, 7) is 1.85. The van der Waals surface area contributed by atoms with Gasteiger partial charge in [-0.1, -0.05) is 12.1 Å². The Balaban J connectivity index is 1.66. The number of nitrogens with one attached hydrogen (secondary N) is 1. The number of para-hydroxylation sites is 2. The van der Waals surface area contributed by atoms with Crippen molar-refractivity contribution in [1.82, 2.24) is 24.7 Å². The third kappa shape index (κ3) is 3.31. The standard InChI is InChI=1S/C18H13F3N6/c1-11-23-14-4-2-3-5-15(14)27(11)16-10-22-26-17(25-16)24-13-8-6-12(7-9-13)18(19,20)21/h2-10H,1H3,(H,24,25,26). The zero-order valence-corrected chi connectivity index (χ0v) is 14.1. The maximum atomic E-state index is 12.7. The van der Waals surface area contributed by atoms with Gasteiger partial charge in [-0.3, -0.25) is 4.57 Å². The van der Waals surface area contributed by atoms with Gasteiger partial charge >= 0.3 is 6.18 Å². The summed E-state index contributed by atoms with van der Waals surface area (Å²) < 4.78 is 39.8. The average molecular weight is 370 g/mol. The molecule has 0 amide bonds. The van der Waals surface area contributed by atoms with Crippen LogP contribution in [-0.4, -0.2) is 24.7 Å². The second-order valence-corrected chi connectivity index (χ2v) is 5.82. The highest BCUT2D eigenvalue weighted by molar-refractivity contribution is 5.77. The van der Waals surface area contributed by atoms with Crippen LogP contribution in [0.25, 0.3) is 16.9 Å². The number of aryl methyl sites for hydroxylation is 1. The highest BCUT2D eigenvalue weighted by Gasteiger charge is 2.29. The first-order chi connectivity index (χ1) is 12.9. The average Bonchev–Trinajstić information content (AvgIpc) is 2.97. The molecule has 6 nitrogen and oxygen atoms in total. The second-order valence-electron chi connectivity index (χ2n) is 5.82. The molecule has 0 unspecified atom stereocenters. The maximum absolute atomic E-state index is 12.7. The Labute approximate surface area is 151 Å². The first kappa shape index (κ1) is 17.0. The van der Waals surface area contributed by atoms with Crippen molar-refractivity contribution < 1.29 is 13.2 Å². The van der Waals surface area contributed by atoms with E-state index >= 15 is 0 Å². The molecule has 0 spiro atoms. The summed E-state index contributed by atoms with van der Waals surface area (Å²) in [6, 6.07) is 12.2. The minimum absolute atomic E-state index is 0.171. The normalized spacial score (nSPS) is 11.7. The lowest BCUT2D eigenvalue weighted by molar-refractivity contribution is -0.137. The molecular formula is C18H13F3N6. The second kappa shape index (κ2) is 6.35. The molecule has 0 aliphatic heterocycles. The minimum atomic E-state index is -4.38. The molecule has 1 N–H and O–H groups in total. The van der Waals surface area contributed by atoms with E-state index in [-0.39, 0.29) is 5.95 Å². The summed E-state index contributed by atoms with van der Waals surface area (Å²) in [5, 5.41) is 10.7. The molecule has 9 heteroatoms. The van der Waals surface area contributed by atoms with Crippen molar-refractivity contribution in [2.45, 2.75) is 13.1 Å². The van der Waals surface area contributed by atoms with Crippen LogP contribution in [0, 0.1) is 6.92 Å². The van der Waals surface area contributed by atoms with Crippen LogP contribution in [0.4, 0.5) is 24.8 Å². The first-order valence-electron chi connectivity index (χ1n) is 8.00. The zero-order chi connectivity index (χ0) is 19.0. The fraction of sp³-hybridized carbons (Fsp3) is 0.111. The molecular weight excluding hydrogens is 357 g/mol. The topological polar surface area (TPSA) is 68.5 Å². The van der Waals surface area contributed by atoms with Gasteiger partial charge in [-0.05, 0) is 43.3 Å². The summed E-state index contributed by atoms with van der Waals surface area (Å²) >= 11 is 0. The van der Waals surface area contributed by atoms with Crippen molar-refractivity contribution in [1.29, 1.82) is 0 Å². The van der Waals surface area contributed by atoms with Crippen LogP contribution in [0.1, 0.15) is 11.4 Å². The van der Waals surface area contributed by atoms with Crippen LogP contribution >= 0.6 is 0 Å². The van der Waals surface area contributed by atoms with Crippen LogP contribution in [0.15, 0.2) is 54.7 Å². The molecule has 0 fully saturated rings. The molecule has 4 rings (SSSR count). The number of nitrogens with zero attached hydrogens (tertiary/aromatic N) is 5. The van der Waals surface area contributed by atoms with Crippen LogP contribution in [0.2, 0.25) is 0 Å². The van der Waals surface area contributed by atoms with E-state index in [2.05, 4.69) is 25.5 Å². The van der Waals surface area contributed by atoms with Gasteiger partial charge in [0.25, 0.3) is 0 Å². The Bertz CT molecular complexity index is 1100. The Kier molecular flexibility index (Phi) is 3.98. The lowest BCUT2D eigenvalue weighted by Crippen LogP contribution is -2.07. The fourth-order valence-electron chi connectivity index (χ4n) is 2.76. The number of anilines is 2. The van der Waals surface area contributed by atoms with Gasteiger partial charge in [0.2, 0.25) is 5.95 Å². The van der Waals surface area contributed by atoms with Crippen molar-refractivity contribution in [3.63, 3.8) is 0 Å². The largest absolute Gasteiger partial charge is 0.416 e. The number of benzene rings is 2. The molecule has 0 saturated heterocycles. The van der Waals surface area contributed by atoms with E-state index in [9.17, 15) is 13.2 Å². The predicted octanol–water partition coefficient (Wildman–Crippen LogP) is 4.28. The van der Waals surface area contributed by atoms with Crippen molar-refractivity contribution in [2.75, 3.05) is 5.32 Å². The Morgan fingerprint density at radius 2 is 1.70 bits per heavy atom. The highest BCUT2D eigenvalue weighted by Crippen LogP contribution is 2.30. The van der Waals surface area contributed by atoms with Gasteiger partial charge in [-0.2, -0.15) is 23.3 Å². The third-order valence-electron chi connectivity index (χ3n) is 3.97. The van der Waals surface area contributed by atoms with Gasteiger partial charge in [-0.25, -0.2) is 4.98 Å². The lowest BCUT2D eigenvalue weighted by atomic mass is 10.2. The molecule has 4 aromatic rings. The van der Waals surface area contributed by atoms with Crippen molar-refractivity contribution >= 4 is 22.7 Å². The number of imidazole rings is 1. The number of hydrogen-bond acceptors (Lipinski definition) is 5. The van der Waals surface area contributed by atoms with Crippen molar-refractivity contribution in [3.8, 4) is 5.82 Å². The predicted molar refractivity (Wildman–Crippen MR) is 93.9 cm³/mol. The van der Waals surface area contributed by atoms with Gasteiger partial charge < -0.3 is 5.32 Å². The quantitative estimate of drug-likeness (QED) is 0.583. The molecule has 0 saturated carbocycles. The van der Waals surface area contributed by atoms with Gasteiger partial charge in [0, 0.05) is 5.69 Å². The van der Waals surface area contributed by atoms with Gasteiger partial charge in [-0.15, -0.1) is 5.10 Å². The Hall–Kier alpha value is -3.49. The molecule has 27 heavy (non-hydrogen) atoms. The molecule has 0 atom stereocenters. The van der Waals surface area contributed by atoms with E-state index in [1.807, 2.05) is 35.8 Å². The zero-order valence-electron chi connectivity index (χ0n) is 14.1. The van der Waals surface area contributed by atoms with Crippen molar-refractivity contribution in [2.24, 2.45) is 0 Å². The summed E-state index contributed by atoms with van der Waals surface area (Å²) in [7, 11) is 0. The van der Waals surface area contributed by atoms with E-state index in [1.54, 1.807) is 0 Å². The van der Waals surface area contributed by atoms with E-state index < -0.39 is 11.7 Å². The fourth-order valence-corrected chi connectivity index (χ4v) is 2.76. The maximum Gasteiger partial charge on any atom is 0.416 e. The highest BCUT2D eigenvalue weighted by atomic mass is 19.4. The number of alkyl halides is 3. The van der Waals surface area contributed by atoms with E-state index in [1.165, 1.54) is 18.3 Å². The van der Waals surface area contributed by atoms with Crippen LogP contribution < -0.4 is 5.32 Å². The summed E-state index contributed by atoms with van der Waals surface area (Å²) in [6.07, 6.45) is -2.88. The van der Waals surface area contributed by atoms with Crippen LogP contribution in [-0.2, 0) is 6.18 Å². The monoisotopic (exact) mass is 370 g/mol. The van der Waals surface area contributed by atoms with Gasteiger partial charge in [0.05, 0.1) is 22.8 Å². The van der Waals surface area contributed by atoms with E-state index in [4.69, 9.17) is 0 Å². The van der Waals surface area contributed by atoms with E-state index in [0.29, 0.717) is 11.5 Å². The molecule has 2 aromatic heterocycles.